The van der Waals surface area contributed by atoms with Crippen molar-refractivity contribution >= 4 is 16.1 Å². The predicted octanol–water partition coefficient (Wildman–Crippen LogP) is 2.99. The van der Waals surface area contributed by atoms with Crippen LogP contribution in [0.2, 0.25) is 0 Å². The standard InChI is InChI=1S/C16H17NO2S/c1-14-9-11-16(12-10-14)20(18,19)17-13-5-8-15-6-3-2-4-7-15/h2-12,17H,13H2,1H3/b8-5+. The molecule has 20 heavy (non-hydrogen) atoms. The molecule has 0 aliphatic carbocycles. The summed E-state index contributed by atoms with van der Waals surface area (Å²) in [6, 6.07) is 16.5. The molecule has 0 saturated heterocycles. The molecule has 0 aliphatic heterocycles. The van der Waals surface area contributed by atoms with Crippen LogP contribution >= 0.6 is 0 Å². The maximum atomic E-state index is 12.0. The highest BCUT2D eigenvalue weighted by Crippen LogP contribution is 2.09. The number of sulfonamides is 1. The van der Waals surface area contributed by atoms with E-state index < -0.39 is 10.0 Å². The van der Waals surface area contributed by atoms with Crippen molar-refractivity contribution in [2.45, 2.75) is 11.8 Å². The zero-order valence-electron chi connectivity index (χ0n) is 11.3. The first-order chi connectivity index (χ1) is 9.58. The Morgan fingerprint density at radius 2 is 1.65 bits per heavy atom. The lowest BCUT2D eigenvalue weighted by atomic mass is 10.2. The summed E-state index contributed by atoms with van der Waals surface area (Å²) < 4.78 is 26.6. The van der Waals surface area contributed by atoms with E-state index in [4.69, 9.17) is 0 Å². The van der Waals surface area contributed by atoms with E-state index in [9.17, 15) is 8.42 Å². The molecule has 0 bridgehead atoms. The number of nitrogens with one attached hydrogen (secondary N) is 1. The van der Waals surface area contributed by atoms with Gasteiger partial charge in [0.1, 0.15) is 0 Å². The normalized spacial score (nSPS) is 11.8. The second-order valence-electron chi connectivity index (χ2n) is 4.48. The molecule has 0 saturated carbocycles. The predicted molar refractivity (Wildman–Crippen MR) is 81.8 cm³/mol. The van der Waals surface area contributed by atoms with Gasteiger partial charge < -0.3 is 0 Å². The van der Waals surface area contributed by atoms with Crippen molar-refractivity contribution in [1.82, 2.24) is 4.72 Å². The fourth-order valence-electron chi connectivity index (χ4n) is 1.72. The van der Waals surface area contributed by atoms with E-state index in [1.807, 2.05) is 43.3 Å². The Morgan fingerprint density at radius 3 is 2.30 bits per heavy atom. The van der Waals surface area contributed by atoms with Crippen LogP contribution in [0.25, 0.3) is 6.08 Å². The van der Waals surface area contributed by atoms with Gasteiger partial charge in [0.25, 0.3) is 0 Å². The summed E-state index contributed by atoms with van der Waals surface area (Å²) in [5.41, 5.74) is 2.08. The first-order valence-electron chi connectivity index (χ1n) is 6.36. The van der Waals surface area contributed by atoms with Crippen molar-refractivity contribution in [2.24, 2.45) is 0 Å². The van der Waals surface area contributed by atoms with Crippen molar-refractivity contribution in [2.75, 3.05) is 6.54 Å². The van der Waals surface area contributed by atoms with Crippen LogP contribution in [0.1, 0.15) is 11.1 Å². The van der Waals surface area contributed by atoms with Gasteiger partial charge in [0.05, 0.1) is 4.90 Å². The third kappa shape index (κ3) is 4.05. The lowest BCUT2D eigenvalue weighted by Gasteiger charge is -2.04. The van der Waals surface area contributed by atoms with E-state index in [2.05, 4.69) is 4.72 Å². The first-order valence-corrected chi connectivity index (χ1v) is 7.84. The Kier molecular flexibility index (Phi) is 4.71. The fraction of sp³-hybridized carbons (Fsp3) is 0.125. The van der Waals surface area contributed by atoms with Gasteiger partial charge in [-0.25, -0.2) is 13.1 Å². The van der Waals surface area contributed by atoms with E-state index >= 15 is 0 Å². The van der Waals surface area contributed by atoms with Crippen LogP contribution < -0.4 is 4.72 Å². The largest absolute Gasteiger partial charge is 0.240 e. The Bertz CT molecular complexity index is 674. The molecule has 0 spiro atoms. The zero-order chi connectivity index (χ0) is 14.4. The third-order valence-electron chi connectivity index (χ3n) is 2.83. The third-order valence-corrected chi connectivity index (χ3v) is 4.27. The van der Waals surface area contributed by atoms with Gasteiger partial charge in [0.2, 0.25) is 10.0 Å². The second-order valence-corrected chi connectivity index (χ2v) is 6.24. The fourth-order valence-corrected chi connectivity index (χ4v) is 2.69. The molecular formula is C16H17NO2S. The molecule has 0 radical (unpaired) electrons. The smallest absolute Gasteiger partial charge is 0.207 e. The molecule has 4 heteroatoms. The van der Waals surface area contributed by atoms with Gasteiger partial charge in [0, 0.05) is 6.54 Å². The van der Waals surface area contributed by atoms with E-state index in [0.29, 0.717) is 0 Å². The average Bonchev–Trinajstić information content (AvgIpc) is 2.45. The SMILES string of the molecule is Cc1ccc(S(=O)(=O)NC/C=C/c2ccccc2)cc1. The molecule has 104 valence electrons. The highest BCUT2D eigenvalue weighted by atomic mass is 32.2. The molecule has 0 unspecified atom stereocenters. The highest BCUT2D eigenvalue weighted by molar-refractivity contribution is 7.89. The second kappa shape index (κ2) is 6.50. The summed E-state index contributed by atoms with van der Waals surface area (Å²) in [7, 11) is -3.43. The molecule has 0 heterocycles. The van der Waals surface area contributed by atoms with Crippen LogP contribution in [0.15, 0.2) is 65.6 Å². The molecule has 3 nitrogen and oxygen atoms in total. The van der Waals surface area contributed by atoms with E-state index in [1.165, 1.54) is 0 Å². The summed E-state index contributed by atoms with van der Waals surface area (Å²) in [6.45, 7) is 2.19. The van der Waals surface area contributed by atoms with Crippen LogP contribution in [-0.2, 0) is 10.0 Å². The van der Waals surface area contributed by atoms with E-state index in [0.717, 1.165) is 11.1 Å². The minimum Gasteiger partial charge on any atom is -0.207 e. The van der Waals surface area contributed by atoms with Crippen LogP contribution in [-0.4, -0.2) is 15.0 Å². The molecule has 2 aromatic carbocycles. The average molecular weight is 287 g/mol. The number of aryl methyl sites for hydroxylation is 1. The van der Waals surface area contributed by atoms with Gasteiger partial charge in [0.15, 0.2) is 0 Å². The number of rotatable bonds is 5. The Labute approximate surface area is 120 Å². The summed E-state index contributed by atoms with van der Waals surface area (Å²) >= 11 is 0. The summed E-state index contributed by atoms with van der Waals surface area (Å²) in [4.78, 5) is 0.288. The molecule has 1 N–H and O–H groups in total. The highest BCUT2D eigenvalue weighted by Gasteiger charge is 2.11. The van der Waals surface area contributed by atoms with Crippen LogP contribution in [0.3, 0.4) is 0 Å². The van der Waals surface area contributed by atoms with Crippen molar-refractivity contribution < 1.29 is 8.42 Å². The minimum atomic E-state index is -3.43. The van der Waals surface area contributed by atoms with Gasteiger partial charge in [-0.15, -0.1) is 0 Å². The molecule has 0 atom stereocenters. The molecule has 2 aromatic rings. The summed E-state index contributed by atoms with van der Waals surface area (Å²) in [6.07, 6.45) is 3.68. The van der Waals surface area contributed by atoms with Crippen LogP contribution in [0.4, 0.5) is 0 Å². The molecule has 0 amide bonds. The molecule has 2 rings (SSSR count). The van der Waals surface area contributed by atoms with Gasteiger partial charge in [-0.2, -0.15) is 0 Å². The maximum Gasteiger partial charge on any atom is 0.240 e. The van der Waals surface area contributed by atoms with Gasteiger partial charge in [-0.3, -0.25) is 0 Å². The lowest BCUT2D eigenvalue weighted by Crippen LogP contribution is -2.23. The Hall–Kier alpha value is -1.91. The number of hydrogen-bond donors (Lipinski definition) is 1. The first kappa shape index (κ1) is 14.5. The van der Waals surface area contributed by atoms with Crippen LogP contribution in [0, 0.1) is 6.92 Å². The minimum absolute atomic E-state index is 0.269. The van der Waals surface area contributed by atoms with Crippen LogP contribution in [0.5, 0.6) is 0 Å². The monoisotopic (exact) mass is 287 g/mol. The lowest BCUT2D eigenvalue weighted by molar-refractivity contribution is 0.585. The Morgan fingerprint density at radius 1 is 1.00 bits per heavy atom. The number of hydrogen-bond acceptors (Lipinski definition) is 2. The van der Waals surface area contributed by atoms with Gasteiger partial charge in [-0.05, 0) is 24.6 Å². The van der Waals surface area contributed by atoms with Gasteiger partial charge >= 0.3 is 0 Å². The van der Waals surface area contributed by atoms with Crippen molar-refractivity contribution in [1.29, 1.82) is 0 Å². The quantitative estimate of drug-likeness (QED) is 0.919. The molecular weight excluding hydrogens is 270 g/mol. The maximum absolute atomic E-state index is 12.0. The number of benzene rings is 2. The van der Waals surface area contributed by atoms with Crippen molar-refractivity contribution in [3.05, 3.63) is 71.8 Å². The van der Waals surface area contributed by atoms with Gasteiger partial charge in [-0.1, -0.05) is 60.2 Å². The van der Waals surface area contributed by atoms with E-state index in [1.54, 1.807) is 30.3 Å². The van der Waals surface area contributed by atoms with E-state index in [-0.39, 0.29) is 11.4 Å². The zero-order valence-corrected chi connectivity index (χ0v) is 12.1. The summed E-state index contributed by atoms with van der Waals surface area (Å²) in [5, 5.41) is 0. The molecule has 0 aromatic heterocycles. The summed E-state index contributed by atoms with van der Waals surface area (Å²) in [5.74, 6) is 0. The van der Waals surface area contributed by atoms with Crippen molar-refractivity contribution in [3.8, 4) is 0 Å². The molecule has 0 fully saturated rings. The Balaban J connectivity index is 1.96. The topological polar surface area (TPSA) is 46.2 Å². The molecule has 0 aliphatic rings. The van der Waals surface area contributed by atoms with Crippen molar-refractivity contribution in [3.63, 3.8) is 0 Å².